The quantitative estimate of drug-likeness (QED) is 0.846. The fourth-order valence-electron chi connectivity index (χ4n) is 2.38. The highest BCUT2D eigenvalue weighted by atomic mass is 16.5. The molecule has 4 heteroatoms. The molecular weight excluding hydrogens is 240 g/mol. The van der Waals surface area contributed by atoms with Crippen LogP contribution in [0.3, 0.4) is 0 Å². The van der Waals surface area contributed by atoms with Crippen LogP contribution in [0, 0.1) is 0 Å². The van der Waals surface area contributed by atoms with Crippen LogP contribution in [0.5, 0.6) is 11.5 Å². The summed E-state index contributed by atoms with van der Waals surface area (Å²) in [6.45, 7) is 4.37. The van der Waals surface area contributed by atoms with Crippen molar-refractivity contribution in [3.05, 3.63) is 42.2 Å². The highest BCUT2D eigenvalue weighted by molar-refractivity contribution is 5.37. The van der Waals surface area contributed by atoms with Crippen molar-refractivity contribution in [2.45, 2.75) is 25.8 Å². The van der Waals surface area contributed by atoms with Gasteiger partial charge >= 0.3 is 0 Å². The number of hydrogen-bond acceptors (Lipinski definition) is 3. The third-order valence-corrected chi connectivity index (χ3v) is 3.47. The summed E-state index contributed by atoms with van der Waals surface area (Å²) in [5.74, 6) is 2.23. The molecule has 2 aromatic rings. The highest BCUT2D eigenvalue weighted by Crippen LogP contribution is 2.33. The van der Waals surface area contributed by atoms with Gasteiger partial charge in [0.05, 0.1) is 25.6 Å². The van der Waals surface area contributed by atoms with Crippen molar-refractivity contribution in [1.82, 2.24) is 9.78 Å². The smallest absolute Gasteiger partial charge is 0.157 e. The van der Waals surface area contributed by atoms with Crippen LogP contribution in [0.25, 0.3) is 0 Å². The average Bonchev–Trinajstić information content (AvgIpc) is 2.93. The Kier molecular flexibility index (Phi) is 3.40. The molecular formula is C15H18N2O2. The zero-order chi connectivity index (χ0) is 13.1. The second-order valence-electron chi connectivity index (χ2n) is 4.71. The van der Waals surface area contributed by atoms with E-state index in [4.69, 9.17) is 9.47 Å². The van der Waals surface area contributed by atoms with Crippen LogP contribution >= 0.6 is 0 Å². The molecule has 1 aliphatic heterocycles. The number of fused-ring (bicyclic) bond motifs is 1. The van der Waals surface area contributed by atoms with E-state index in [1.165, 1.54) is 5.56 Å². The zero-order valence-corrected chi connectivity index (χ0v) is 11.1. The van der Waals surface area contributed by atoms with Gasteiger partial charge in [0.15, 0.2) is 5.75 Å². The summed E-state index contributed by atoms with van der Waals surface area (Å²) in [5.41, 5.74) is 1.25. The monoisotopic (exact) mass is 258 g/mol. The molecule has 3 rings (SSSR count). The molecule has 0 saturated heterocycles. The Balaban J connectivity index is 1.68. The first-order valence-electron chi connectivity index (χ1n) is 6.74. The second-order valence-corrected chi connectivity index (χ2v) is 4.71. The highest BCUT2D eigenvalue weighted by Gasteiger charge is 2.21. The van der Waals surface area contributed by atoms with E-state index in [9.17, 15) is 0 Å². The minimum absolute atomic E-state index is 0.398. The van der Waals surface area contributed by atoms with Crippen LogP contribution in [0.1, 0.15) is 24.8 Å². The number of hydrogen-bond donors (Lipinski definition) is 0. The maximum absolute atomic E-state index is 5.85. The van der Waals surface area contributed by atoms with Crippen LogP contribution in [0.15, 0.2) is 36.7 Å². The lowest BCUT2D eigenvalue weighted by Gasteiger charge is -2.25. The van der Waals surface area contributed by atoms with Gasteiger partial charge in [-0.05, 0) is 19.4 Å². The van der Waals surface area contributed by atoms with Gasteiger partial charge in [-0.2, -0.15) is 5.10 Å². The van der Waals surface area contributed by atoms with Crippen molar-refractivity contribution < 1.29 is 9.47 Å². The van der Waals surface area contributed by atoms with Crippen molar-refractivity contribution in [2.75, 3.05) is 13.2 Å². The number of para-hydroxylation sites is 1. The van der Waals surface area contributed by atoms with E-state index in [0.29, 0.717) is 12.5 Å². The van der Waals surface area contributed by atoms with E-state index >= 15 is 0 Å². The van der Waals surface area contributed by atoms with E-state index < -0.39 is 0 Å². The molecule has 19 heavy (non-hydrogen) atoms. The minimum Gasteiger partial charge on any atom is -0.493 e. The molecule has 4 nitrogen and oxygen atoms in total. The molecule has 0 amide bonds. The second kappa shape index (κ2) is 5.34. The first-order chi connectivity index (χ1) is 9.36. The van der Waals surface area contributed by atoms with Gasteiger partial charge in [0.25, 0.3) is 0 Å². The van der Waals surface area contributed by atoms with Gasteiger partial charge in [-0.15, -0.1) is 0 Å². The molecule has 1 unspecified atom stereocenters. The Morgan fingerprint density at radius 3 is 3.16 bits per heavy atom. The van der Waals surface area contributed by atoms with Crippen LogP contribution in [-0.2, 0) is 6.54 Å². The van der Waals surface area contributed by atoms with Crippen molar-refractivity contribution in [3.63, 3.8) is 0 Å². The lowest BCUT2D eigenvalue weighted by Crippen LogP contribution is -2.19. The number of aryl methyl sites for hydroxylation is 1. The molecule has 1 aromatic carbocycles. The summed E-state index contributed by atoms with van der Waals surface area (Å²) in [6.07, 6.45) is 4.71. The summed E-state index contributed by atoms with van der Waals surface area (Å²) >= 11 is 0. The average molecular weight is 258 g/mol. The van der Waals surface area contributed by atoms with Gasteiger partial charge in [-0.1, -0.05) is 18.2 Å². The van der Waals surface area contributed by atoms with Gasteiger partial charge in [-0.3, -0.25) is 4.68 Å². The zero-order valence-electron chi connectivity index (χ0n) is 11.1. The Hall–Kier alpha value is -1.97. The number of aromatic nitrogens is 2. The molecule has 100 valence electrons. The maximum atomic E-state index is 5.85. The van der Waals surface area contributed by atoms with Crippen molar-refractivity contribution in [1.29, 1.82) is 0 Å². The Morgan fingerprint density at radius 2 is 2.32 bits per heavy atom. The molecule has 0 radical (unpaired) electrons. The summed E-state index contributed by atoms with van der Waals surface area (Å²) < 4.78 is 13.4. The Labute approximate surface area is 113 Å². The number of nitrogens with zero attached hydrogens (tertiary/aromatic N) is 2. The molecule has 0 bridgehead atoms. The molecule has 0 saturated carbocycles. The van der Waals surface area contributed by atoms with Gasteiger partial charge in [0.1, 0.15) is 5.75 Å². The van der Waals surface area contributed by atoms with Crippen LogP contribution in [0.2, 0.25) is 0 Å². The largest absolute Gasteiger partial charge is 0.493 e. The van der Waals surface area contributed by atoms with Gasteiger partial charge in [0.2, 0.25) is 0 Å². The fourth-order valence-corrected chi connectivity index (χ4v) is 2.38. The molecule has 1 aliphatic rings. The van der Waals surface area contributed by atoms with Crippen LogP contribution < -0.4 is 9.47 Å². The van der Waals surface area contributed by atoms with Gasteiger partial charge in [-0.25, -0.2) is 0 Å². The van der Waals surface area contributed by atoms with Gasteiger partial charge < -0.3 is 9.47 Å². The van der Waals surface area contributed by atoms with Crippen LogP contribution in [0.4, 0.5) is 0 Å². The summed E-state index contributed by atoms with van der Waals surface area (Å²) in [7, 11) is 0. The SMILES string of the molecule is CCn1cc(OCC2CCOc3ccccc32)cn1. The number of rotatable bonds is 4. The Morgan fingerprint density at radius 1 is 1.42 bits per heavy atom. The first kappa shape index (κ1) is 12.1. The topological polar surface area (TPSA) is 36.3 Å². The normalized spacial score (nSPS) is 17.6. The summed E-state index contributed by atoms with van der Waals surface area (Å²) in [5, 5.41) is 4.21. The van der Waals surface area contributed by atoms with Crippen LogP contribution in [-0.4, -0.2) is 23.0 Å². The number of ether oxygens (including phenoxy) is 2. The third kappa shape index (κ3) is 2.57. The molecule has 0 N–H and O–H groups in total. The predicted octanol–water partition coefficient (Wildman–Crippen LogP) is 2.85. The Bertz CT molecular complexity index is 551. The predicted molar refractivity (Wildman–Crippen MR) is 72.7 cm³/mol. The lowest BCUT2D eigenvalue weighted by atomic mass is 9.94. The molecule has 0 fully saturated rings. The van der Waals surface area contributed by atoms with E-state index in [1.54, 1.807) is 6.20 Å². The van der Waals surface area contributed by atoms with Crippen molar-refractivity contribution in [3.8, 4) is 11.5 Å². The lowest BCUT2D eigenvalue weighted by molar-refractivity contribution is 0.217. The van der Waals surface area contributed by atoms with E-state index in [2.05, 4.69) is 24.2 Å². The summed E-state index contributed by atoms with van der Waals surface area (Å²) in [6, 6.07) is 8.21. The minimum atomic E-state index is 0.398. The van der Waals surface area contributed by atoms with E-state index in [1.807, 2.05) is 23.0 Å². The maximum Gasteiger partial charge on any atom is 0.157 e. The van der Waals surface area contributed by atoms with Crippen molar-refractivity contribution >= 4 is 0 Å². The number of benzene rings is 1. The molecule has 2 heterocycles. The molecule has 0 spiro atoms. The standard InChI is InChI=1S/C15H18N2O2/c1-2-17-10-13(9-16-17)19-11-12-7-8-18-15-6-4-3-5-14(12)15/h3-6,9-10,12H,2,7-8,11H2,1H3. The fraction of sp³-hybridized carbons (Fsp3) is 0.400. The molecule has 1 atom stereocenters. The molecule has 1 aromatic heterocycles. The van der Waals surface area contributed by atoms with E-state index in [-0.39, 0.29) is 0 Å². The van der Waals surface area contributed by atoms with E-state index in [0.717, 1.165) is 31.1 Å². The molecule has 0 aliphatic carbocycles. The van der Waals surface area contributed by atoms with Crippen molar-refractivity contribution in [2.24, 2.45) is 0 Å². The first-order valence-corrected chi connectivity index (χ1v) is 6.74. The third-order valence-electron chi connectivity index (χ3n) is 3.47. The van der Waals surface area contributed by atoms with Gasteiger partial charge in [0, 0.05) is 18.0 Å². The summed E-state index contributed by atoms with van der Waals surface area (Å²) in [4.78, 5) is 0.